The molecule has 1 aromatic carbocycles. The van der Waals surface area contributed by atoms with Crippen LogP contribution in [0.15, 0.2) is 60.9 Å². The lowest BCUT2D eigenvalue weighted by Gasteiger charge is -2.07. The molecule has 4 rings (SSSR count). The monoisotopic (exact) mass is 287 g/mol. The molecule has 3 aromatic heterocycles. The first-order chi connectivity index (χ1) is 10.8. The standard InChI is InChI=1S/C17H13N5/c18-16-15-13(11-4-2-1-3-5-11)10-14(20-17(15)22-21-16)12-6-8-19-9-7-12/h1-10H,(H3,18,20,21,22). The fourth-order valence-electron chi connectivity index (χ4n) is 2.57. The largest absolute Gasteiger partial charge is 0.382 e. The van der Waals surface area contributed by atoms with Gasteiger partial charge in [0.15, 0.2) is 11.5 Å². The first-order valence-corrected chi connectivity index (χ1v) is 6.93. The molecule has 22 heavy (non-hydrogen) atoms. The van der Waals surface area contributed by atoms with E-state index in [4.69, 9.17) is 5.73 Å². The molecular weight excluding hydrogens is 274 g/mol. The van der Waals surface area contributed by atoms with Gasteiger partial charge in [0.2, 0.25) is 0 Å². The van der Waals surface area contributed by atoms with Crippen LogP contribution < -0.4 is 5.73 Å². The van der Waals surface area contributed by atoms with E-state index in [0.717, 1.165) is 27.8 Å². The third kappa shape index (κ3) is 2.00. The van der Waals surface area contributed by atoms with Gasteiger partial charge in [-0.25, -0.2) is 4.98 Å². The highest BCUT2D eigenvalue weighted by Crippen LogP contribution is 2.33. The maximum Gasteiger partial charge on any atom is 0.158 e. The Hall–Kier alpha value is -3.21. The van der Waals surface area contributed by atoms with Crippen LogP contribution in [0.5, 0.6) is 0 Å². The molecule has 106 valence electrons. The number of hydrogen-bond acceptors (Lipinski definition) is 4. The van der Waals surface area contributed by atoms with E-state index in [1.165, 1.54) is 0 Å². The predicted molar refractivity (Wildman–Crippen MR) is 87.0 cm³/mol. The number of benzene rings is 1. The van der Waals surface area contributed by atoms with Crippen molar-refractivity contribution in [2.45, 2.75) is 0 Å². The van der Waals surface area contributed by atoms with Crippen molar-refractivity contribution >= 4 is 16.9 Å². The zero-order valence-electron chi connectivity index (χ0n) is 11.7. The molecule has 4 aromatic rings. The summed E-state index contributed by atoms with van der Waals surface area (Å²) in [6, 6.07) is 16.0. The summed E-state index contributed by atoms with van der Waals surface area (Å²) in [5.74, 6) is 0.461. The number of H-pyrrole nitrogens is 1. The first-order valence-electron chi connectivity index (χ1n) is 6.93. The number of fused-ring (bicyclic) bond motifs is 1. The van der Waals surface area contributed by atoms with Crippen molar-refractivity contribution in [3.05, 3.63) is 60.9 Å². The van der Waals surface area contributed by atoms with Crippen molar-refractivity contribution in [2.24, 2.45) is 0 Å². The number of rotatable bonds is 2. The molecule has 0 amide bonds. The Morgan fingerprint density at radius 1 is 0.909 bits per heavy atom. The van der Waals surface area contributed by atoms with Crippen LogP contribution in [0.2, 0.25) is 0 Å². The minimum atomic E-state index is 0.461. The zero-order valence-corrected chi connectivity index (χ0v) is 11.7. The van der Waals surface area contributed by atoms with Gasteiger partial charge in [-0.2, -0.15) is 5.10 Å². The molecule has 0 saturated carbocycles. The summed E-state index contributed by atoms with van der Waals surface area (Å²) >= 11 is 0. The van der Waals surface area contributed by atoms with E-state index in [9.17, 15) is 0 Å². The van der Waals surface area contributed by atoms with Crippen LogP contribution in [-0.4, -0.2) is 20.2 Å². The summed E-state index contributed by atoms with van der Waals surface area (Å²) in [6.07, 6.45) is 3.51. The van der Waals surface area contributed by atoms with Crippen molar-refractivity contribution < 1.29 is 0 Å². The highest BCUT2D eigenvalue weighted by molar-refractivity contribution is 6.01. The summed E-state index contributed by atoms with van der Waals surface area (Å²) in [5, 5.41) is 7.85. The molecule has 0 radical (unpaired) electrons. The predicted octanol–water partition coefficient (Wildman–Crippen LogP) is 3.27. The van der Waals surface area contributed by atoms with Crippen LogP contribution in [0, 0.1) is 0 Å². The second-order valence-electron chi connectivity index (χ2n) is 4.99. The lowest BCUT2D eigenvalue weighted by molar-refractivity contribution is 1.10. The van der Waals surface area contributed by atoms with Crippen LogP contribution in [-0.2, 0) is 0 Å². The van der Waals surface area contributed by atoms with Gasteiger partial charge in [0.25, 0.3) is 0 Å². The highest BCUT2D eigenvalue weighted by atomic mass is 15.2. The Morgan fingerprint density at radius 2 is 1.68 bits per heavy atom. The molecule has 0 aliphatic rings. The number of aromatic nitrogens is 4. The van der Waals surface area contributed by atoms with Gasteiger partial charge in [0, 0.05) is 18.0 Å². The number of nitrogens with zero attached hydrogens (tertiary/aromatic N) is 3. The molecule has 0 bridgehead atoms. The van der Waals surface area contributed by atoms with Gasteiger partial charge in [0.05, 0.1) is 11.1 Å². The van der Waals surface area contributed by atoms with Crippen molar-refractivity contribution in [3.8, 4) is 22.4 Å². The number of aromatic amines is 1. The highest BCUT2D eigenvalue weighted by Gasteiger charge is 2.14. The van der Waals surface area contributed by atoms with E-state index < -0.39 is 0 Å². The van der Waals surface area contributed by atoms with Crippen LogP contribution in [0.4, 0.5) is 5.82 Å². The molecule has 0 atom stereocenters. The van der Waals surface area contributed by atoms with Gasteiger partial charge in [-0.3, -0.25) is 10.1 Å². The Kier molecular flexibility index (Phi) is 2.83. The van der Waals surface area contributed by atoms with E-state index in [-0.39, 0.29) is 0 Å². The smallest absolute Gasteiger partial charge is 0.158 e. The van der Waals surface area contributed by atoms with Gasteiger partial charge in [-0.05, 0) is 29.3 Å². The maximum atomic E-state index is 6.01. The van der Waals surface area contributed by atoms with E-state index in [1.54, 1.807) is 12.4 Å². The van der Waals surface area contributed by atoms with Gasteiger partial charge in [0.1, 0.15) is 0 Å². The summed E-state index contributed by atoms with van der Waals surface area (Å²) in [5.41, 5.74) is 10.7. The van der Waals surface area contributed by atoms with Crippen LogP contribution in [0.1, 0.15) is 0 Å². The minimum absolute atomic E-state index is 0.461. The molecule has 3 heterocycles. The van der Waals surface area contributed by atoms with Crippen LogP contribution in [0.25, 0.3) is 33.4 Å². The number of nitrogen functional groups attached to an aromatic ring is 1. The van der Waals surface area contributed by atoms with E-state index in [2.05, 4.69) is 32.3 Å². The van der Waals surface area contributed by atoms with Crippen molar-refractivity contribution in [1.29, 1.82) is 0 Å². The van der Waals surface area contributed by atoms with E-state index in [0.29, 0.717) is 11.5 Å². The van der Waals surface area contributed by atoms with Crippen molar-refractivity contribution in [2.75, 3.05) is 5.73 Å². The summed E-state index contributed by atoms with van der Waals surface area (Å²) < 4.78 is 0. The second-order valence-corrected chi connectivity index (χ2v) is 4.99. The molecule has 0 saturated heterocycles. The average molecular weight is 287 g/mol. The quantitative estimate of drug-likeness (QED) is 0.593. The van der Waals surface area contributed by atoms with Crippen molar-refractivity contribution in [3.63, 3.8) is 0 Å². The fraction of sp³-hybridized carbons (Fsp3) is 0. The molecule has 3 N–H and O–H groups in total. The lowest BCUT2D eigenvalue weighted by atomic mass is 10.0. The summed E-state index contributed by atoms with van der Waals surface area (Å²) in [7, 11) is 0. The molecule has 5 nitrogen and oxygen atoms in total. The number of nitrogens with two attached hydrogens (primary N) is 1. The molecule has 5 heteroatoms. The number of hydrogen-bond donors (Lipinski definition) is 2. The molecule has 0 fully saturated rings. The number of anilines is 1. The molecular formula is C17H13N5. The third-order valence-corrected chi connectivity index (χ3v) is 3.62. The van der Waals surface area contributed by atoms with Crippen molar-refractivity contribution in [1.82, 2.24) is 20.2 Å². The topological polar surface area (TPSA) is 80.5 Å². The first kappa shape index (κ1) is 12.5. The number of pyridine rings is 2. The van der Waals surface area contributed by atoms with Crippen LogP contribution in [0.3, 0.4) is 0 Å². The average Bonchev–Trinajstić information content (AvgIpc) is 2.97. The van der Waals surface area contributed by atoms with Gasteiger partial charge < -0.3 is 5.73 Å². The van der Waals surface area contributed by atoms with Crippen LogP contribution >= 0.6 is 0 Å². The Balaban J connectivity index is 2.03. The zero-order chi connectivity index (χ0) is 14.9. The fourth-order valence-corrected chi connectivity index (χ4v) is 2.57. The summed E-state index contributed by atoms with van der Waals surface area (Å²) in [4.78, 5) is 8.68. The lowest BCUT2D eigenvalue weighted by Crippen LogP contribution is -1.91. The third-order valence-electron chi connectivity index (χ3n) is 3.62. The molecule has 0 spiro atoms. The van der Waals surface area contributed by atoms with E-state index >= 15 is 0 Å². The Labute approximate surface area is 126 Å². The SMILES string of the molecule is Nc1n[nH]c2nc(-c3ccncc3)cc(-c3ccccc3)c12. The normalized spacial score (nSPS) is 10.9. The Bertz CT molecular complexity index is 929. The van der Waals surface area contributed by atoms with Gasteiger partial charge in [-0.1, -0.05) is 30.3 Å². The summed E-state index contributed by atoms with van der Waals surface area (Å²) in [6.45, 7) is 0. The second kappa shape index (κ2) is 4.96. The minimum Gasteiger partial charge on any atom is -0.382 e. The van der Waals surface area contributed by atoms with Gasteiger partial charge >= 0.3 is 0 Å². The molecule has 0 aliphatic heterocycles. The Morgan fingerprint density at radius 3 is 2.45 bits per heavy atom. The maximum absolute atomic E-state index is 6.01. The van der Waals surface area contributed by atoms with Gasteiger partial charge in [-0.15, -0.1) is 0 Å². The number of nitrogens with one attached hydrogen (secondary N) is 1. The molecule has 0 aliphatic carbocycles. The van der Waals surface area contributed by atoms with E-state index in [1.807, 2.05) is 36.4 Å². The molecule has 0 unspecified atom stereocenters.